The highest BCUT2D eigenvalue weighted by atomic mass is 35.5. The topological polar surface area (TPSA) is 77.2 Å². The number of hydrogen-bond donors (Lipinski definition) is 1. The molecule has 0 radical (unpaired) electrons. The van der Waals surface area contributed by atoms with Crippen LogP contribution in [0, 0.1) is 12.7 Å². The summed E-state index contributed by atoms with van der Waals surface area (Å²) in [6.45, 7) is 3.47. The zero-order valence-electron chi connectivity index (χ0n) is 17.4. The van der Waals surface area contributed by atoms with Crippen LogP contribution in [0.2, 0.25) is 0 Å². The predicted octanol–water partition coefficient (Wildman–Crippen LogP) is 4.28. The molecular formula is C22H23Cl2FN6O. The Morgan fingerprint density at radius 3 is 2.84 bits per heavy atom. The fraction of sp³-hybridized carbons (Fsp3) is 0.273. The standard InChI is InChI=1S/C22H21FN6O.2ClH/c1-14-11-15(7-9-25-14)20-19(23)22(30-16-5-4-8-24-12-16)28-21(27-20)17-13-26-29-10-3-2-6-18(17)29;;/h2-3,6-7,9-11,13,16,24H,4-5,8,12H2,1H3;2*1H/t16-;;/m1../s1. The Labute approximate surface area is 197 Å². The molecular weight excluding hydrogens is 454 g/mol. The molecule has 7 nitrogen and oxygen atoms in total. The quantitative estimate of drug-likeness (QED) is 0.473. The second kappa shape index (κ2) is 10.2. The van der Waals surface area contributed by atoms with Crippen LogP contribution < -0.4 is 10.1 Å². The zero-order chi connectivity index (χ0) is 20.5. The van der Waals surface area contributed by atoms with Crippen LogP contribution in [0.4, 0.5) is 4.39 Å². The number of ether oxygens (including phenoxy) is 1. The number of nitrogens with one attached hydrogen (secondary N) is 1. The first kappa shape index (κ1) is 23.8. The van der Waals surface area contributed by atoms with Gasteiger partial charge in [-0.2, -0.15) is 14.5 Å². The zero-order valence-corrected chi connectivity index (χ0v) is 19.0. The summed E-state index contributed by atoms with van der Waals surface area (Å²) in [5.41, 5.74) is 3.16. The lowest BCUT2D eigenvalue weighted by Crippen LogP contribution is -2.37. The molecule has 10 heteroatoms. The summed E-state index contributed by atoms with van der Waals surface area (Å²) in [5.74, 6) is -0.222. The molecule has 5 rings (SSSR count). The fourth-order valence-corrected chi connectivity index (χ4v) is 3.69. The normalized spacial score (nSPS) is 15.6. The number of aromatic nitrogens is 5. The number of pyridine rings is 2. The van der Waals surface area contributed by atoms with E-state index in [0.29, 0.717) is 23.5 Å². The smallest absolute Gasteiger partial charge is 0.255 e. The van der Waals surface area contributed by atoms with Gasteiger partial charge in [0.1, 0.15) is 11.8 Å². The molecule has 1 saturated heterocycles. The summed E-state index contributed by atoms with van der Waals surface area (Å²) < 4.78 is 23.2. The van der Waals surface area contributed by atoms with Crippen molar-refractivity contribution in [3.8, 4) is 28.5 Å². The largest absolute Gasteiger partial charge is 0.471 e. The van der Waals surface area contributed by atoms with Gasteiger partial charge < -0.3 is 10.1 Å². The maximum Gasteiger partial charge on any atom is 0.255 e. The number of halogens is 3. The van der Waals surface area contributed by atoms with Crippen molar-refractivity contribution in [3.63, 3.8) is 0 Å². The number of fused-ring (bicyclic) bond motifs is 1. The van der Waals surface area contributed by atoms with Crippen molar-refractivity contribution in [2.75, 3.05) is 13.1 Å². The average Bonchev–Trinajstić information content (AvgIpc) is 3.20. The molecule has 0 bridgehead atoms. The molecule has 1 atom stereocenters. The van der Waals surface area contributed by atoms with E-state index in [4.69, 9.17) is 4.74 Å². The Hall–Kier alpha value is -2.81. The van der Waals surface area contributed by atoms with Crippen LogP contribution in [0.15, 0.2) is 48.9 Å². The van der Waals surface area contributed by atoms with Crippen LogP contribution in [0.5, 0.6) is 5.88 Å². The van der Waals surface area contributed by atoms with Crippen molar-refractivity contribution >= 4 is 30.3 Å². The summed E-state index contributed by atoms with van der Waals surface area (Å²) in [6.07, 6.45) is 6.89. The first-order valence-electron chi connectivity index (χ1n) is 10.00. The van der Waals surface area contributed by atoms with Gasteiger partial charge >= 0.3 is 0 Å². The van der Waals surface area contributed by atoms with E-state index in [1.807, 2.05) is 31.3 Å². The Kier molecular flexibility index (Phi) is 7.60. The lowest BCUT2D eigenvalue weighted by Gasteiger charge is -2.24. The molecule has 1 fully saturated rings. The second-order valence-electron chi connectivity index (χ2n) is 7.38. The number of rotatable bonds is 4. The van der Waals surface area contributed by atoms with Crippen molar-refractivity contribution < 1.29 is 9.13 Å². The molecule has 4 aromatic heterocycles. The SMILES string of the molecule is Cc1cc(-c2nc(-c3cnn4ccccc34)nc(O[C@@H]3CCCNC3)c2F)ccn1.Cl.Cl. The minimum Gasteiger partial charge on any atom is -0.471 e. The van der Waals surface area contributed by atoms with E-state index in [1.165, 1.54) is 0 Å². The molecule has 4 aromatic rings. The molecule has 1 aliphatic heterocycles. The van der Waals surface area contributed by atoms with Crippen molar-refractivity contribution in [3.05, 3.63) is 60.4 Å². The highest BCUT2D eigenvalue weighted by Gasteiger charge is 2.23. The van der Waals surface area contributed by atoms with Crippen LogP contribution in [0.3, 0.4) is 0 Å². The van der Waals surface area contributed by atoms with E-state index >= 15 is 4.39 Å². The summed E-state index contributed by atoms with van der Waals surface area (Å²) in [5, 5.41) is 7.64. The highest BCUT2D eigenvalue weighted by molar-refractivity contribution is 5.85. The number of hydrogen-bond acceptors (Lipinski definition) is 6. The van der Waals surface area contributed by atoms with E-state index in [-0.39, 0.29) is 42.5 Å². The maximum atomic E-state index is 15.5. The Morgan fingerprint density at radius 2 is 2.06 bits per heavy atom. The van der Waals surface area contributed by atoms with Gasteiger partial charge in [0.2, 0.25) is 5.82 Å². The summed E-state index contributed by atoms with van der Waals surface area (Å²) >= 11 is 0. The van der Waals surface area contributed by atoms with Crippen molar-refractivity contribution in [2.24, 2.45) is 0 Å². The minimum atomic E-state index is -0.564. The van der Waals surface area contributed by atoms with Gasteiger partial charge in [-0.3, -0.25) is 4.98 Å². The third-order valence-electron chi connectivity index (χ3n) is 5.19. The second-order valence-corrected chi connectivity index (χ2v) is 7.38. The Balaban J connectivity index is 0.00000144. The van der Waals surface area contributed by atoms with Crippen LogP contribution in [-0.2, 0) is 0 Å². The molecule has 32 heavy (non-hydrogen) atoms. The number of nitrogens with zero attached hydrogens (tertiary/aromatic N) is 5. The lowest BCUT2D eigenvalue weighted by molar-refractivity contribution is 0.153. The Bertz CT molecular complexity index is 1210. The molecule has 0 spiro atoms. The number of aryl methyl sites for hydroxylation is 1. The molecule has 0 aromatic carbocycles. The van der Waals surface area contributed by atoms with E-state index < -0.39 is 5.82 Å². The van der Waals surface area contributed by atoms with Gasteiger partial charge in [-0.1, -0.05) is 6.07 Å². The first-order valence-corrected chi connectivity index (χ1v) is 10.00. The molecule has 1 N–H and O–H groups in total. The van der Waals surface area contributed by atoms with Crippen LogP contribution in [0.1, 0.15) is 18.5 Å². The predicted molar refractivity (Wildman–Crippen MR) is 125 cm³/mol. The molecule has 168 valence electrons. The first-order chi connectivity index (χ1) is 14.7. The van der Waals surface area contributed by atoms with E-state index in [1.54, 1.807) is 29.0 Å². The number of piperidine rings is 1. The van der Waals surface area contributed by atoms with Crippen LogP contribution in [-0.4, -0.2) is 43.8 Å². The third-order valence-corrected chi connectivity index (χ3v) is 5.19. The molecule has 1 aliphatic rings. The molecule has 0 saturated carbocycles. The molecule has 0 amide bonds. The fourth-order valence-electron chi connectivity index (χ4n) is 3.69. The van der Waals surface area contributed by atoms with Gasteiger partial charge in [-0.05, 0) is 50.6 Å². The van der Waals surface area contributed by atoms with Crippen molar-refractivity contribution in [1.82, 2.24) is 29.9 Å². The Morgan fingerprint density at radius 1 is 1.19 bits per heavy atom. The van der Waals surface area contributed by atoms with Crippen LogP contribution in [0.25, 0.3) is 28.2 Å². The van der Waals surface area contributed by atoms with Gasteiger partial charge in [-0.15, -0.1) is 24.8 Å². The summed E-state index contributed by atoms with van der Waals surface area (Å²) in [6, 6.07) is 9.28. The van der Waals surface area contributed by atoms with Gasteiger partial charge in [-0.25, -0.2) is 9.50 Å². The summed E-state index contributed by atoms with van der Waals surface area (Å²) in [7, 11) is 0. The van der Waals surface area contributed by atoms with Crippen molar-refractivity contribution in [2.45, 2.75) is 25.9 Å². The van der Waals surface area contributed by atoms with E-state index in [0.717, 1.165) is 30.6 Å². The summed E-state index contributed by atoms with van der Waals surface area (Å²) in [4.78, 5) is 13.2. The monoisotopic (exact) mass is 476 g/mol. The minimum absolute atomic E-state index is 0. The maximum absolute atomic E-state index is 15.5. The van der Waals surface area contributed by atoms with E-state index in [9.17, 15) is 0 Å². The average molecular weight is 477 g/mol. The molecule has 5 heterocycles. The van der Waals surface area contributed by atoms with Crippen molar-refractivity contribution in [1.29, 1.82) is 0 Å². The molecule has 0 unspecified atom stereocenters. The third kappa shape index (κ3) is 4.67. The van der Waals surface area contributed by atoms with Gasteiger partial charge in [0, 0.05) is 30.2 Å². The van der Waals surface area contributed by atoms with E-state index in [2.05, 4.69) is 25.4 Å². The van der Waals surface area contributed by atoms with Crippen LogP contribution >= 0.6 is 24.8 Å². The lowest BCUT2D eigenvalue weighted by atomic mass is 10.1. The van der Waals surface area contributed by atoms with Gasteiger partial charge in [0.15, 0.2) is 5.82 Å². The van der Waals surface area contributed by atoms with Gasteiger partial charge in [0.05, 0.1) is 17.3 Å². The van der Waals surface area contributed by atoms with Gasteiger partial charge in [0.25, 0.3) is 5.88 Å². The highest BCUT2D eigenvalue weighted by Crippen LogP contribution is 2.32. The molecule has 0 aliphatic carbocycles.